The van der Waals surface area contributed by atoms with E-state index in [1.54, 1.807) is 6.20 Å². The Morgan fingerprint density at radius 1 is 1.19 bits per heavy atom. The summed E-state index contributed by atoms with van der Waals surface area (Å²) in [7, 11) is 0. The molecule has 136 valence electrons. The summed E-state index contributed by atoms with van der Waals surface area (Å²) in [6.45, 7) is 5.75. The molecule has 3 heterocycles. The minimum atomic E-state index is -0.456. The Hall–Kier alpha value is -2.56. The third-order valence-electron chi connectivity index (χ3n) is 5.01. The Morgan fingerprint density at radius 2 is 1.96 bits per heavy atom. The van der Waals surface area contributed by atoms with Gasteiger partial charge in [0.2, 0.25) is 0 Å². The van der Waals surface area contributed by atoms with Gasteiger partial charge >= 0.3 is 6.09 Å². The third kappa shape index (κ3) is 3.26. The summed E-state index contributed by atoms with van der Waals surface area (Å²) in [4.78, 5) is 14.5. The number of rotatable bonds is 2. The van der Waals surface area contributed by atoms with Crippen LogP contribution in [0.15, 0.2) is 48.8 Å². The molecule has 0 spiro atoms. The number of ether oxygens (including phenoxy) is 1. The zero-order chi connectivity index (χ0) is 18.3. The Labute approximate surface area is 154 Å². The van der Waals surface area contributed by atoms with E-state index < -0.39 is 5.60 Å². The third-order valence-corrected chi connectivity index (χ3v) is 5.01. The second-order valence-corrected chi connectivity index (χ2v) is 8.08. The van der Waals surface area contributed by atoms with Crippen molar-refractivity contribution in [2.24, 2.45) is 0 Å². The van der Waals surface area contributed by atoms with Crippen LogP contribution in [-0.2, 0) is 4.74 Å². The quantitative estimate of drug-likeness (QED) is 0.804. The van der Waals surface area contributed by atoms with Crippen LogP contribution in [0.3, 0.4) is 0 Å². The Kier molecular flexibility index (Phi) is 4.10. The summed E-state index contributed by atoms with van der Waals surface area (Å²) in [5.74, 6) is 0. The van der Waals surface area contributed by atoms with Crippen molar-refractivity contribution in [2.75, 3.05) is 0 Å². The molecular weight excluding hydrogens is 326 g/mol. The van der Waals surface area contributed by atoms with Gasteiger partial charge in [0.1, 0.15) is 5.60 Å². The van der Waals surface area contributed by atoms with Crippen molar-refractivity contribution in [1.82, 2.24) is 14.7 Å². The molecular formula is C21H25N3O2. The van der Waals surface area contributed by atoms with Crippen LogP contribution >= 0.6 is 0 Å². The SMILES string of the molecule is CC(C)(C)OC(=O)N1C2C=C(c3ccc(-n4cccn4)cc3)CC1CC2. The fraction of sp³-hybridized carbons (Fsp3) is 0.429. The van der Waals surface area contributed by atoms with Crippen LogP contribution in [-0.4, -0.2) is 38.5 Å². The van der Waals surface area contributed by atoms with Gasteiger partial charge in [-0.05, 0) is 69.4 Å². The second kappa shape index (κ2) is 6.31. The van der Waals surface area contributed by atoms with Gasteiger partial charge in [-0.1, -0.05) is 18.2 Å². The first kappa shape index (κ1) is 16.9. The summed E-state index contributed by atoms with van der Waals surface area (Å²) in [5, 5.41) is 4.27. The molecule has 1 aromatic heterocycles. The lowest BCUT2D eigenvalue weighted by Crippen LogP contribution is -2.45. The summed E-state index contributed by atoms with van der Waals surface area (Å²) >= 11 is 0. The van der Waals surface area contributed by atoms with Crippen LogP contribution in [0.5, 0.6) is 0 Å². The van der Waals surface area contributed by atoms with E-state index in [1.165, 1.54) is 11.1 Å². The Morgan fingerprint density at radius 3 is 2.58 bits per heavy atom. The molecule has 1 fully saturated rings. The van der Waals surface area contributed by atoms with Gasteiger partial charge < -0.3 is 4.74 Å². The number of fused-ring (bicyclic) bond motifs is 2. The highest BCUT2D eigenvalue weighted by Crippen LogP contribution is 2.39. The number of hydrogen-bond donors (Lipinski definition) is 0. The van der Waals surface area contributed by atoms with Crippen molar-refractivity contribution in [3.63, 3.8) is 0 Å². The number of hydrogen-bond acceptors (Lipinski definition) is 3. The topological polar surface area (TPSA) is 47.4 Å². The van der Waals surface area contributed by atoms with Crippen molar-refractivity contribution >= 4 is 11.7 Å². The summed E-state index contributed by atoms with van der Waals surface area (Å²) < 4.78 is 7.46. The van der Waals surface area contributed by atoms with Crippen molar-refractivity contribution in [2.45, 2.75) is 57.7 Å². The van der Waals surface area contributed by atoms with Crippen LogP contribution in [0, 0.1) is 0 Å². The Bertz CT molecular complexity index is 816. The minimum absolute atomic E-state index is 0.143. The largest absolute Gasteiger partial charge is 0.444 e. The molecule has 4 rings (SSSR count). The first-order valence-electron chi connectivity index (χ1n) is 9.23. The molecule has 2 atom stereocenters. The number of aromatic nitrogens is 2. The molecule has 0 aliphatic carbocycles. The molecule has 1 aromatic carbocycles. The van der Waals surface area contributed by atoms with E-state index in [2.05, 4.69) is 35.4 Å². The van der Waals surface area contributed by atoms with Gasteiger partial charge in [-0.25, -0.2) is 9.48 Å². The second-order valence-electron chi connectivity index (χ2n) is 8.08. The molecule has 26 heavy (non-hydrogen) atoms. The standard InChI is InChI=1S/C21H25N3O2/c1-21(2,3)26-20(25)24-18-9-10-19(24)14-16(13-18)15-5-7-17(8-6-15)23-12-4-11-22-23/h4-8,11-13,18-19H,9-10,14H2,1-3H3. The monoisotopic (exact) mass is 351 g/mol. The normalized spacial score (nSPS) is 22.3. The van der Waals surface area contributed by atoms with Gasteiger partial charge in [0.15, 0.2) is 0 Å². The summed E-state index contributed by atoms with van der Waals surface area (Å²) in [6, 6.07) is 10.8. The first-order chi connectivity index (χ1) is 12.4. The number of carbonyl (C=O) groups excluding carboxylic acids is 1. The molecule has 5 nitrogen and oxygen atoms in total. The summed E-state index contributed by atoms with van der Waals surface area (Å²) in [6.07, 6.45) is 8.71. The van der Waals surface area contributed by atoms with E-state index in [-0.39, 0.29) is 18.2 Å². The molecule has 1 saturated heterocycles. The van der Waals surface area contributed by atoms with Crippen molar-refractivity contribution < 1.29 is 9.53 Å². The lowest BCUT2D eigenvalue weighted by Gasteiger charge is -2.35. The van der Waals surface area contributed by atoms with Crippen molar-refractivity contribution in [3.05, 3.63) is 54.4 Å². The number of carbonyl (C=O) groups is 1. The predicted octanol–water partition coefficient (Wildman–Crippen LogP) is 4.43. The lowest BCUT2D eigenvalue weighted by atomic mass is 9.95. The minimum Gasteiger partial charge on any atom is -0.444 e. The highest BCUT2D eigenvalue weighted by Gasteiger charge is 2.41. The van der Waals surface area contributed by atoms with Crippen molar-refractivity contribution in [3.8, 4) is 5.69 Å². The Balaban J connectivity index is 1.53. The molecule has 2 bridgehead atoms. The maximum Gasteiger partial charge on any atom is 0.411 e. The molecule has 2 aliphatic rings. The van der Waals surface area contributed by atoms with Gasteiger partial charge in [0, 0.05) is 18.4 Å². The molecule has 0 radical (unpaired) electrons. The lowest BCUT2D eigenvalue weighted by molar-refractivity contribution is 0.0175. The van der Waals surface area contributed by atoms with Crippen LogP contribution in [0.4, 0.5) is 4.79 Å². The molecule has 5 heteroatoms. The number of amides is 1. The molecule has 2 aliphatic heterocycles. The predicted molar refractivity (Wildman–Crippen MR) is 101 cm³/mol. The van der Waals surface area contributed by atoms with Gasteiger partial charge in [-0.15, -0.1) is 0 Å². The maximum atomic E-state index is 12.6. The smallest absolute Gasteiger partial charge is 0.411 e. The molecule has 2 unspecified atom stereocenters. The van der Waals surface area contributed by atoms with E-state index in [9.17, 15) is 4.79 Å². The number of benzene rings is 1. The summed E-state index contributed by atoms with van der Waals surface area (Å²) in [5.41, 5.74) is 3.14. The van der Waals surface area contributed by atoms with Gasteiger partial charge in [-0.2, -0.15) is 5.10 Å². The average Bonchev–Trinajstić information content (AvgIpc) is 3.20. The van der Waals surface area contributed by atoms with Gasteiger partial charge in [0.05, 0.1) is 11.7 Å². The van der Waals surface area contributed by atoms with Gasteiger partial charge in [-0.3, -0.25) is 4.90 Å². The highest BCUT2D eigenvalue weighted by atomic mass is 16.6. The molecule has 2 aromatic rings. The molecule has 1 amide bonds. The van der Waals surface area contributed by atoms with E-state index in [0.717, 1.165) is 24.9 Å². The van der Waals surface area contributed by atoms with Crippen LogP contribution in [0.2, 0.25) is 0 Å². The zero-order valence-corrected chi connectivity index (χ0v) is 15.6. The number of nitrogens with zero attached hydrogens (tertiary/aromatic N) is 3. The molecule has 0 saturated carbocycles. The van der Waals surface area contributed by atoms with E-state index in [4.69, 9.17) is 4.74 Å². The van der Waals surface area contributed by atoms with Crippen molar-refractivity contribution in [1.29, 1.82) is 0 Å². The first-order valence-corrected chi connectivity index (χ1v) is 9.23. The van der Waals surface area contributed by atoms with Gasteiger partial charge in [0.25, 0.3) is 0 Å². The average molecular weight is 351 g/mol. The van der Waals surface area contributed by atoms with Crippen LogP contribution < -0.4 is 0 Å². The fourth-order valence-electron chi connectivity index (χ4n) is 3.89. The fourth-order valence-corrected chi connectivity index (χ4v) is 3.89. The van der Waals surface area contributed by atoms with E-state index >= 15 is 0 Å². The van der Waals surface area contributed by atoms with Crippen LogP contribution in [0.1, 0.15) is 45.6 Å². The van der Waals surface area contributed by atoms with E-state index in [1.807, 2.05) is 42.6 Å². The van der Waals surface area contributed by atoms with Crippen LogP contribution in [0.25, 0.3) is 11.3 Å². The van der Waals surface area contributed by atoms with E-state index in [0.29, 0.717) is 0 Å². The maximum absolute atomic E-state index is 12.6. The zero-order valence-electron chi connectivity index (χ0n) is 15.6. The highest BCUT2D eigenvalue weighted by molar-refractivity contribution is 5.75. The molecule has 0 N–H and O–H groups in total.